The van der Waals surface area contributed by atoms with Crippen molar-refractivity contribution in [1.29, 1.82) is 0 Å². The first kappa shape index (κ1) is 10.3. The molecule has 88 valence electrons. The Bertz CT molecular complexity index is 402. The summed E-state index contributed by atoms with van der Waals surface area (Å²) in [6.07, 6.45) is 6.25. The summed E-state index contributed by atoms with van der Waals surface area (Å²) >= 11 is 0. The highest BCUT2D eigenvalue weighted by atomic mass is 15.2. The Morgan fingerprint density at radius 2 is 2.25 bits per heavy atom. The SMILES string of the molecule is CCc1nc2c(n1C1(C)CCC1)CCNC2. The van der Waals surface area contributed by atoms with Gasteiger partial charge in [-0.15, -0.1) is 0 Å². The van der Waals surface area contributed by atoms with Gasteiger partial charge in [-0.05, 0) is 26.2 Å². The Morgan fingerprint density at radius 3 is 2.88 bits per heavy atom. The highest BCUT2D eigenvalue weighted by Gasteiger charge is 2.37. The van der Waals surface area contributed by atoms with Gasteiger partial charge in [-0.25, -0.2) is 4.98 Å². The molecule has 0 saturated heterocycles. The molecule has 16 heavy (non-hydrogen) atoms. The number of aryl methyl sites for hydroxylation is 1. The van der Waals surface area contributed by atoms with Crippen LogP contribution in [0.25, 0.3) is 0 Å². The number of nitrogens with one attached hydrogen (secondary N) is 1. The molecule has 3 nitrogen and oxygen atoms in total. The van der Waals surface area contributed by atoms with E-state index >= 15 is 0 Å². The van der Waals surface area contributed by atoms with Gasteiger partial charge in [0, 0.05) is 37.2 Å². The van der Waals surface area contributed by atoms with Gasteiger partial charge in [0.05, 0.1) is 5.69 Å². The van der Waals surface area contributed by atoms with Crippen LogP contribution in [0.3, 0.4) is 0 Å². The van der Waals surface area contributed by atoms with Crippen LogP contribution >= 0.6 is 0 Å². The molecule has 2 aliphatic rings. The first-order chi connectivity index (χ1) is 7.74. The fraction of sp³-hybridized carbons (Fsp3) is 0.769. The molecule has 0 atom stereocenters. The maximum Gasteiger partial charge on any atom is 0.109 e. The molecule has 0 aromatic carbocycles. The van der Waals surface area contributed by atoms with Crippen LogP contribution < -0.4 is 5.32 Å². The van der Waals surface area contributed by atoms with Gasteiger partial charge in [0.2, 0.25) is 0 Å². The van der Waals surface area contributed by atoms with E-state index in [-0.39, 0.29) is 0 Å². The third-order valence-corrected chi connectivity index (χ3v) is 4.24. The fourth-order valence-corrected chi connectivity index (χ4v) is 3.15. The van der Waals surface area contributed by atoms with E-state index in [2.05, 4.69) is 23.7 Å². The summed E-state index contributed by atoms with van der Waals surface area (Å²) in [5.74, 6) is 1.30. The zero-order chi connectivity index (χ0) is 11.2. The molecule has 1 aliphatic heterocycles. The summed E-state index contributed by atoms with van der Waals surface area (Å²) in [7, 11) is 0. The fourth-order valence-electron chi connectivity index (χ4n) is 3.15. The first-order valence-electron chi connectivity index (χ1n) is 6.55. The molecule has 1 aromatic heterocycles. The molecule has 1 saturated carbocycles. The number of aromatic nitrogens is 2. The Kier molecular flexibility index (Phi) is 2.32. The number of fused-ring (bicyclic) bond motifs is 1. The topological polar surface area (TPSA) is 29.9 Å². The monoisotopic (exact) mass is 219 g/mol. The minimum atomic E-state index is 0.378. The summed E-state index contributed by atoms with van der Waals surface area (Å²) < 4.78 is 2.58. The average Bonchev–Trinajstić information content (AvgIpc) is 2.64. The van der Waals surface area contributed by atoms with Crippen molar-refractivity contribution in [3.8, 4) is 0 Å². The van der Waals surface area contributed by atoms with Crippen LogP contribution in [0.2, 0.25) is 0 Å². The highest BCUT2D eigenvalue weighted by molar-refractivity contribution is 5.23. The number of hydrogen-bond acceptors (Lipinski definition) is 2. The molecule has 2 heterocycles. The number of nitrogens with zero attached hydrogens (tertiary/aromatic N) is 2. The highest BCUT2D eigenvalue weighted by Crippen LogP contribution is 2.41. The van der Waals surface area contributed by atoms with Crippen molar-refractivity contribution in [2.45, 2.75) is 58.0 Å². The molecule has 1 fully saturated rings. The molecule has 0 bridgehead atoms. The summed E-state index contributed by atoms with van der Waals surface area (Å²) in [5, 5.41) is 3.42. The van der Waals surface area contributed by atoms with Crippen LogP contribution in [-0.4, -0.2) is 16.1 Å². The third-order valence-electron chi connectivity index (χ3n) is 4.24. The van der Waals surface area contributed by atoms with Crippen molar-refractivity contribution < 1.29 is 0 Å². The second-order valence-corrected chi connectivity index (χ2v) is 5.39. The molecule has 0 spiro atoms. The van der Waals surface area contributed by atoms with Crippen LogP contribution in [0.4, 0.5) is 0 Å². The van der Waals surface area contributed by atoms with Crippen LogP contribution in [0.5, 0.6) is 0 Å². The van der Waals surface area contributed by atoms with E-state index in [4.69, 9.17) is 4.98 Å². The van der Waals surface area contributed by atoms with Gasteiger partial charge in [0.25, 0.3) is 0 Å². The minimum absolute atomic E-state index is 0.378. The van der Waals surface area contributed by atoms with Crippen molar-refractivity contribution in [1.82, 2.24) is 14.9 Å². The van der Waals surface area contributed by atoms with E-state index in [1.54, 1.807) is 0 Å². The molecule has 1 aliphatic carbocycles. The van der Waals surface area contributed by atoms with Crippen molar-refractivity contribution in [3.63, 3.8) is 0 Å². The van der Waals surface area contributed by atoms with Gasteiger partial charge < -0.3 is 9.88 Å². The maximum absolute atomic E-state index is 4.82. The predicted molar refractivity (Wildman–Crippen MR) is 64.5 cm³/mol. The quantitative estimate of drug-likeness (QED) is 0.824. The van der Waals surface area contributed by atoms with E-state index in [0.717, 1.165) is 25.9 Å². The second kappa shape index (κ2) is 3.59. The molecule has 1 aromatic rings. The van der Waals surface area contributed by atoms with Crippen LogP contribution in [0, 0.1) is 0 Å². The molecular formula is C13H21N3. The predicted octanol–water partition coefficient (Wildman–Crippen LogP) is 1.99. The number of hydrogen-bond donors (Lipinski definition) is 1. The number of imidazole rings is 1. The molecular weight excluding hydrogens is 198 g/mol. The largest absolute Gasteiger partial charge is 0.326 e. The van der Waals surface area contributed by atoms with Crippen LogP contribution in [-0.2, 0) is 24.9 Å². The van der Waals surface area contributed by atoms with E-state index < -0.39 is 0 Å². The maximum atomic E-state index is 4.82. The average molecular weight is 219 g/mol. The van der Waals surface area contributed by atoms with Gasteiger partial charge in [-0.3, -0.25) is 0 Å². The van der Waals surface area contributed by atoms with Crippen molar-refractivity contribution in [3.05, 3.63) is 17.2 Å². The lowest BCUT2D eigenvalue weighted by molar-refractivity contribution is 0.158. The van der Waals surface area contributed by atoms with Crippen molar-refractivity contribution in [2.24, 2.45) is 0 Å². The smallest absolute Gasteiger partial charge is 0.109 e. The Hall–Kier alpha value is -0.830. The lowest BCUT2D eigenvalue weighted by Crippen LogP contribution is -2.40. The molecule has 0 radical (unpaired) electrons. The van der Waals surface area contributed by atoms with Gasteiger partial charge in [-0.1, -0.05) is 6.92 Å². The second-order valence-electron chi connectivity index (χ2n) is 5.39. The van der Waals surface area contributed by atoms with Gasteiger partial charge >= 0.3 is 0 Å². The van der Waals surface area contributed by atoms with E-state index in [0.29, 0.717) is 5.54 Å². The molecule has 3 rings (SSSR count). The zero-order valence-electron chi connectivity index (χ0n) is 10.3. The first-order valence-corrected chi connectivity index (χ1v) is 6.55. The standard InChI is InChI=1S/C13H21N3/c1-3-12-15-10-9-14-8-5-11(10)16(12)13(2)6-4-7-13/h14H,3-9H2,1-2H3. The third kappa shape index (κ3) is 1.34. The van der Waals surface area contributed by atoms with Gasteiger partial charge in [0.15, 0.2) is 0 Å². The van der Waals surface area contributed by atoms with Gasteiger partial charge in [-0.2, -0.15) is 0 Å². The minimum Gasteiger partial charge on any atom is -0.326 e. The Morgan fingerprint density at radius 1 is 1.44 bits per heavy atom. The Balaban J connectivity index is 2.10. The Labute approximate surface area is 97.3 Å². The zero-order valence-corrected chi connectivity index (χ0v) is 10.3. The normalized spacial score (nSPS) is 22.6. The van der Waals surface area contributed by atoms with E-state index in [9.17, 15) is 0 Å². The molecule has 0 amide bonds. The lowest BCUT2D eigenvalue weighted by atomic mass is 9.77. The van der Waals surface area contributed by atoms with Crippen molar-refractivity contribution in [2.75, 3.05) is 6.54 Å². The van der Waals surface area contributed by atoms with E-state index in [1.165, 1.54) is 36.5 Å². The summed E-state index contributed by atoms with van der Waals surface area (Å²) in [6, 6.07) is 0. The lowest BCUT2D eigenvalue weighted by Gasteiger charge is -2.42. The number of rotatable bonds is 2. The van der Waals surface area contributed by atoms with Crippen LogP contribution in [0.1, 0.15) is 50.3 Å². The summed E-state index contributed by atoms with van der Waals surface area (Å²) in [5.41, 5.74) is 3.19. The summed E-state index contributed by atoms with van der Waals surface area (Å²) in [4.78, 5) is 4.82. The van der Waals surface area contributed by atoms with E-state index in [1.807, 2.05) is 0 Å². The molecule has 3 heteroatoms. The van der Waals surface area contributed by atoms with Gasteiger partial charge in [0.1, 0.15) is 5.82 Å². The van der Waals surface area contributed by atoms with Crippen LogP contribution in [0.15, 0.2) is 0 Å². The van der Waals surface area contributed by atoms with Crippen molar-refractivity contribution >= 4 is 0 Å². The molecule has 0 unspecified atom stereocenters. The summed E-state index contributed by atoms with van der Waals surface area (Å²) in [6.45, 7) is 6.70. The molecule has 1 N–H and O–H groups in total.